The Hall–Kier alpha value is -0.760. The molecule has 1 aromatic heterocycles. The summed E-state index contributed by atoms with van der Waals surface area (Å²) < 4.78 is 3.33. The third-order valence-corrected chi connectivity index (χ3v) is 3.40. The average molecular weight is 224 g/mol. The number of hydrogen-bond donors (Lipinski definition) is 0. The van der Waals surface area contributed by atoms with Crippen LogP contribution in [0.4, 0.5) is 0 Å². The molecule has 0 aliphatic carbocycles. The lowest BCUT2D eigenvalue weighted by Crippen LogP contribution is -1.85. The van der Waals surface area contributed by atoms with Gasteiger partial charge in [0.05, 0.1) is 4.60 Å². The van der Waals surface area contributed by atoms with E-state index in [1.54, 1.807) is 0 Å². The molecule has 12 heavy (non-hydrogen) atoms. The van der Waals surface area contributed by atoms with Crippen molar-refractivity contribution in [2.75, 3.05) is 0 Å². The number of hydrogen-bond acceptors (Lipinski definition) is 0. The van der Waals surface area contributed by atoms with Crippen LogP contribution in [0.1, 0.15) is 5.56 Å². The van der Waals surface area contributed by atoms with Crippen molar-refractivity contribution in [3.63, 3.8) is 0 Å². The predicted molar refractivity (Wildman–Crippen MR) is 55.4 cm³/mol. The molecule has 2 heteroatoms. The number of aryl methyl sites for hydroxylation is 2. The molecule has 62 valence electrons. The summed E-state index contributed by atoms with van der Waals surface area (Å²) in [4.78, 5) is 0. The van der Waals surface area contributed by atoms with E-state index < -0.39 is 0 Å². The molecule has 0 aliphatic rings. The number of aromatic nitrogens is 1. The van der Waals surface area contributed by atoms with E-state index in [0.29, 0.717) is 0 Å². The van der Waals surface area contributed by atoms with Gasteiger partial charge < -0.3 is 4.57 Å². The number of para-hydroxylation sites is 1. The van der Waals surface area contributed by atoms with Gasteiger partial charge in [-0.3, -0.25) is 0 Å². The SMILES string of the molecule is Cc1c(Br)n(C)c2ccccc12. The van der Waals surface area contributed by atoms with Crippen molar-refractivity contribution < 1.29 is 0 Å². The molecule has 0 spiro atoms. The molecule has 0 saturated carbocycles. The van der Waals surface area contributed by atoms with Gasteiger partial charge in [0.2, 0.25) is 0 Å². The van der Waals surface area contributed by atoms with Crippen LogP contribution in [-0.4, -0.2) is 4.57 Å². The lowest BCUT2D eigenvalue weighted by molar-refractivity contribution is 0.934. The largest absolute Gasteiger partial charge is 0.338 e. The van der Waals surface area contributed by atoms with Crippen LogP contribution in [0.25, 0.3) is 10.9 Å². The Kier molecular flexibility index (Phi) is 1.72. The van der Waals surface area contributed by atoms with Gasteiger partial charge in [0.25, 0.3) is 0 Å². The van der Waals surface area contributed by atoms with Gasteiger partial charge in [0.15, 0.2) is 0 Å². The predicted octanol–water partition coefficient (Wildman–Crippen LogP) is 3.25. The third kappa shape index (κ3) is 0.911. The Bertz CT molecular complexity index is 390. The Morgan fingerprint density at radius 3 is 2.58 bits per heavy atom. The molecule has 0 radical (unpaired) electrons. The van der Waals surface area contributed by atoms with Crippen molar-refractivity contribution >= 4 is 26.8 Å². The van der Waals surface area contributed by atoms with Gasteiger partial charge in [0, 0.05) is 18.0 Å². The summed E-state index contributed by atoms with van der Waals surface area (Å²) in [7, 11) is 2.07. The van der Waals surface area contributed by atoms with Crippen molar-refractivity contribution in [3.05, 3.63) is 34.4 Å². The summed E-state index contributed by atoms with van der Waals surface area (Å²) in [6.45, 7) is 2.13. The molecule has 0 atom stereocenters. The quantitative estimate of drug-likeness (QED) is 0.647. The van der Waals surface area contributed by atoms with Crippen LogP contribution in [0.3, 0.4) is 0 Å². The highest BCUT2D eigenvalue weighted by Crippen LogP contribution is 2.27. The molecule has 1 nitrogen and oxygen atoms in total. The number of rotatable bonds is 0. The Morgan fingerprint density at radius 1 is 1.25 bits per heavy atom. The highest BCUT2D eigenvalue weighted by Gasteiger charge is 2.06. The first-order chi connectivity index (χ1) is 5.72. The molecule has 0 N–H and O–H groups in total. The van der Waals surface area contributed by atoms with Crippen LogP contribution in [0.15, 0.2) is 28.9 Å². The maximum Gasteiger partial charge on any atom is 0.0884 e. The fraction of sp³-hybridized carbons (Fsp3) is 0.200. The zero-order chi connectivity index (χ0) is 8.72. The van der Waals surface area contributed by atoms with Crippen LogP contribution in [-0.2, 0) is 7.05 Å². The Labute approximate surface area is 80.1 Å². The smallest absolute Gasteiger partial charge is 0.0884 e. The summed E-state index contributed by atoms with van der Waals surface area (Å²) in [5.41, 5.74) is 2.59. The molecule has 0 aliphatic heterocycles. The fourth-order valence-electron chi connectivity index (χ4n) is 1.55. The van der Waals surface area contributed by atoms with Crippen molar-refractivity contribution in [1.29, 1.82) is 0 Å². The van der Waals surface area contributed by atoms with E-state index in [9.17, 15) is 0 Å². The minimum Gasteiger partial charge on any atom is -0.338 e. The first-order valence-corrected chi connectivity index (χ1v) is 4.70. The summed E-state index contributed by atoms with van der Waals surface area (Å²) in [6.07, 6.45) is 0. The molecule has 1 aromatic carbocycles. The van der Waals surface area contributed by atoms with Crippen LogP contribution in [0.5, 0.6) is 0 Å². The first-order valence-electron chi connectivity index (χ1n) is 3.91. The van der Waals surface area contributed by atoms with Gasteiger partial charge in [-0.2, -0.15) is 0 Å². The number of halogens is 1. The summed E-state index contributed by atoms with van der Waals surface area (Å²) in [6, 6.07) is 8.42. The molecule has 0 fully saturated rings. The van der Waals surface area contributed by atoms with Crippen molar-refractivity contribution in [2.24, 2.45) is 7.05 Å². The minimum absolute atomic E-state index is 1.17. The molecule has 0 saturated heterocycles. The van der Waals surface area contributed by atoms with E-state index in [1.165, 1.54) is 21.1 Å². The lowest BCUT2D eigenvalue weighted by Gasteiger charge is -1.95. The molecule has 2 rings (SSSR count). The van der Waals surface area contributed by atoms with Gasteiger partial charge in [-0.1, -0.05) is 18.2 Å². The number of fused-ring (bicyclic) bond motifs is 1. The molecule has 0 bridgehead atoms. The van der Waals surface area contributed by atoms with Gasteiger partial charge in [0.1, 0.15) is 0 Å². The van der Waals surface area contributed by atoms with E-state index in [4.69, 9.17) is 0 Å². The van der Waals surface area contributed by atoms with E-state index in [2.05, 4.69) is 58.7 Å². The van der Waals surface area contributed by atoms with Gasteiger partial charge >= 0.3 is 0 Å². The van der Waals surface area contributed by atoms with Crippen LogP contribution < -0.4 is 0 Å². The normalized spacial score (nSPS) is 10.9. The standard InChI is InChI=1S/C10H10BrN/c1-7-8-5-3-4-6-9(8)12(2)10(7)11/h3-6H,1-2H3. The Balaban J connectivity index is 2.99. The highest BCUT2D eigenvalue weighted by molar-refractivity contribution is 9.10. The van der Waals surface area contributed by atoms with Gasteiger partial charge in [-0.05, 0) is 34.5 Å². The monoisotopic (exact) mass is 223 g/mol. The van der Waals surface area contributed by atoms with Crippen LogP contribution >= 0.6 is 15.9 Å². The topological polar surface area (TPSA) is 4.93 Å². The van der Waals surface area contributed by atoms with Crippen molar-refractivity contribution in [1.82, 2.24) is 4.57 Å². The fourth-order valence-corrected chi connectivity index (χ4v) is 1.96. The molecule has 0 amide bonds. The summed E-state index contributed by atoms with van der Waals surface area (Å²) in [5, 5.41) is 1.33. The second-order valence-electron chi connectivity index (χ2n) is 2.99. The number of nitrogens with zero attached hydrogens (tertiary/aromatic N) is 1. The zero-order valence-corrected chi connectivity index (χ0v) is 8.72. The second-order valence-corrected chi connectivity index (χ2v) is 3.74. The van der Waals surface area contributed by atoms with Crippen LogP contribution in [0, 0.1) is 6.92 Å². The maximum absolute atomic E-state index is 3.56. The summed E-state index contributed by atoms with van der Waals surface area (Å²) >= 11 is 3.56. The lowest BCUT2D eigenvalue weighted by atomic mass is 10.2. The van der Waals surface area contributed by atoms with Crippen LogP contribution in [0.2, 0.25) is 0 Å². The van der Waals surface area contributed by atoms with E-state index in [1.807, 2.05) is 0 Å². The third-order valence-electron chi connectivity index (χ3n) is 2.27. The van der Waals surface area contributed by atoms with Gasteiger partial charge in [-0.15, -0.1) is 0 Å². The van der Waals surface area contributed by atoms with Crippen molar-refractivity contribution in [3.8, 4) is 0 Å². The van der Waals surface area contributed by atoms with Gasteiger partial charge in [-0.25, -0.2) is 0 Å². The van der Waals surface area contributed by atoms with Crippen molar-refractivity contribution in [2.45, 2.75) is 6.92 Å². The molecule has 1 heterocycles. The zero-order valence-electron chi connectivity index (χ0n) is 7.13. The number of benzene rings is 1. The highest BCUT2D eigenvalue weighted by atomic mass is 79.9. The van der Waals surface area contributed by atoms with E-state index in [0.717, 1.165) is 0 Å². The minimum atomic E-state index is 1.17. The second kappa shape index (κ2) is 2.63. The molecule has 0 unspecified atom stereocenters. The Morgan fingerprint density at radius 2 is 1.92 bits per heavy atom. The molecule has 2 aromatic rings. The first kappa shape index (κ1) is 7.87. The van der Waals surface area contributed by atoms with E-state index >= 15 is 0 Å². The maximum atomic E-state index is 3.56. The molecular formula is C10H10BrN. The average Bonchev–Trinajstić information content (AvgIpc) is 2.33. The summed E-state index contributed by atoms with van der Waals surface area (Å²) in [5.74, 6) is 0. The molecular weight excluding hydrogens is 214 g/mol. The van der Waals surface area contributed by atoms with E-state index in [-0.39, 0.29) is 0 Å².